The van der Waals surface area contributed by atoms with E-state index in [9.17, 15) is 9.59 Å². The molecule has 0 atom stereocenters. The lowest BCUT2D eigenvalue weighted by Gasteiger charge is -2.27. The Morgan fingerprint density at radius 3 is 2.73 bits per heavy atom. The summed E-state index contributed by atoms with van der Waals surface area (Å²) in [5, 5.41) is 10.0. The van der Waals surface area contributed by atoms with Crippen LogP contribution in [0.1, 0.15) is 20.8 Å². The van der Waals surface area contributed by atoms with Gasteiger partial charge in [-0.2, -0.15) is 0 Å². The molecule has 2 aromatic heterocycles. The number of carbonyl (C=O) groups excluding carboxylic acids is 2. The Hall–Kier alpha value is -3.20. The minimum absolute atomic E-state index is 0.284. The molecule has 4 rings (SSSR count). The smallest absolute Gasteiger partial charge is 0.325 e. The fraction of sp³-hybridized carbons (Fsp3) is 0.333. The summed E-state index contributed by atoms with van der Waals surface area (Å²) in [5.74, 6) is 0.204. The molecule has 30 heavy (non-hydrogen) atoms. The molecule has 156 valence electrons. The molecular formula is C21H24N6O2S. The van der Waals surface area contributed by atoms with Gasteiger partial charge in [0.25, 0.3) is 5.91 Å². The fourth-order valence-corrected chi connectivity index (χ4v) is 4.43. The number of nitrogens with zero attached hydrogens (tertiary/aromatic N) is 3. The van der Waals surface area contributed by atoms with Crippen LogP contribution in [-0.4, -0.2) is 52.0 Å². The maximum Gasteiger partial charge on any atom is 0.325 e. The third-order valence-electron chi connectivity index (χ3n) is 5.12. The number of hydrogen-bond acceptors (Lipinski definition) is 7. The van der Waals surface area contributed by atoms with Crippen molar-refractivity contribution >= 4 is 45.0 Å². The summed E-state index contributed by atoms with van der Waals surface area (Å²) in [6, 6.07) is 9.99. The van der Waals surface area contributed by atoms with Crippen molar-refractivity contribution < 1.29 is 9.59 Å². The number of nitrogens with one attached hydrogen (secondary N) is 3. The molecule has 1 aliphatic heterocycles. The van der Waals surface area contributed by atoms with Crippen molar-refractivity contribution in [2.24, 2.45) is 0 Å². The maximum atomic E-state index is 12.0. The van der Waals surface area contributed by atoms with Crippen LogP contribution in [0.2, 0.25) is 0 Å². The number of rotatable bonds is 7. The van der Waals surface area contributed by atoms with Gasteiger partial charge in [0, 0.05) is 36.2 Å². The first-order valence-corrected chi connectivity index (χ1v) is 10.7. The Morgan fingerprint density at radius 1 is 1.17 bits per heavy atom. The van der Waals surface area contributed by atoms with E-state index in [0.717, 1.165) is 22.8 Å². The average Bonchev–Trinajstić information content (AvgIpc) is 3.22. The predicted molar refractivity (Wildman–Crippen MR) is 120 cm³/mol. The minimum Gasteiger partial charge on any atom is -0.385 e. The number of urea groups is 1. The van der Waals surface area contributed by atoms with Crippen molar-refractivity contribution in [2.45, 2.75) is 26.3 Å². The fourth-order valence-electron chi connectivity index (χ4n) is 3.42. The van der Waals surface area contributed by atoms with Crippen LogP contribution in [0.25, 0.3) is 20.7 Å². The first kappa shape index (κ1) is 20.1. The zero-order valence-corrected chi connectivity index (χ0v) is 18.0. The van der Waals surface area contributed by atoms with E-state index in [1.807, 2.05) is 6.07 Å². The lowest BCUT2D eigenvalue weighted by molar-refractivity contribution is -0.125. The Bertz CT molecular complexity index is 1110. The highest BCUT2D eigenvalue weighted by Crippen LogP contribution is 2.34. The van der Waals surface area contributed by atoms with Crippen LogP contribution in [0.4, 0.5) is 16.4 Å². The van der Waals surface area contributed by atoms with Crippen LogP contribution in [-0.2, 0) is 4.79 Å². The Labute approximate surface area is 178 Å². The summed E-state index contributed by atoms with van der Waals surface area (Å²) in [5.41, 5.74) is 1.09. The summed E-state index contributed by atoms with van der Waals surface area (Å²) in [4.78, 5) is 35.3. The standard InChI is InChI=1S/C21H24N6O2S/c1-4-22-14-5-6-16-13(11-14)12-17(30-16)15-7-8-23-19(25-15)24-9-10-27-20(29)26-18(28)21(27,2)3/h5-8,11-12,22H,4,9-10H2,1-3H3,(H,23,24,25)(H,26,28,29). The topological polar surface area (TPSA) is 99.3 Å². The van der Waals surface area contributed by atoms with Crippen LogP contribution >= 0.6 is 11.3 Å². The average molecular weight is 425 g/mol. The number of benzene rings is 1. The second-order valence-corrected chi connectivity index (χ2v) is 8.64. The molecular weight excluding hydrogens is 400 g/mol. The summed E-state index contributed by atoms with van der Waals surface area (Å²) in [6.07, 6.45) is 1.72. The summed E-state index contributed by atoms with van der Waals surface area (Å²) in [7, 11) is 0. The van der Waals surface area contributed by atoms with E-state index in [2.05, 4.69) is 57.1 Å². The van der Waals surface area contributed by atoms with E-state index in [1.54, 1.807) is 31.4 Å². The van der Waals surface area contributed by atoms with Crippen LogP contribution < -0.4 is 16.0 Å². The minimum atomic E-state index is -0.857. The number of amides is 3. The highest BCUT2D eigenvalue weighted by atomic mass is 32.1. The lowest BCUT2D eigenvalue weighted by Crippen LogP contribution is -2.46. The molecule has 3 aromatic rings. The maximum absolute atomic E-state index is 12.0. The van der Waals surface area contributed by atoms with Gasteiger partial charge in [0.05, 0.1) is 10.6 Å². The lowest BCUT2D eigenvalue weighted by atomic mass is 10.0. The number of carbonyl (C=O) groups is 2. The third kappa shape index (κ3) is 3.80. The van der Waals surface area contributed by atoms with E-state index in [4.69, 9.17) is 0 Å². The molecule has 0 unspecified atom stereocenters. The van der Waals surface area contributed by atoms with Gasteiger partial charge in [0.1, 0.15) is 5.54 Å². The molecule has 9 heteroatoms. The van der Waals surface area contributed by atoms with Crippen LogP contribution in [0.5, 0.6) is 0 Å². The molecule has 8 nitrogen and oxygen atoms in total. The monoisotopic (exact) mass is 424 g/mol. The summed E-state index contributed by atoms with van der Waals surface area (Å²) < 4.78 is 1.20. The Balaban J connectivity index is 1.46. The Morgan fingerprint density at radius 2 is 2.00 bits per heavy atom. The first-order valence-electron chi connectivity index (χ1n) is 9.86. The number of hydrogen-bond donors (Lipinski definition) is 3. The van der Waals surface area contributed by atoms with Gasteiger partial charge in [0.2, 0.25) is 5.95 Å². The predicted octanol–water partition coefficient (Wildman–Crippen LogP) is 3.53. The van der Waals surface area contributed by atoms with Crippen LogP contribution in [0.15, 0.2) is 36.5 Å². The molecule has 0 saturated carbocycles. The number of fused-ring (bicyclic) bond motifs is 1. The normalized spacial score (nSPS) is 15.5. The first-order chi connectivity index (χ1) is 14.4. The van der Waals surface area contributed by atoms with Crippen molar-refractivity contribution in [1.29, 1.82) is 0 Å². The van der Waals surface area contributed by atoms with Crippen molar-refractivity contribution in [3.63, 3.8) is 0 Å². The molecule has 3 heterocycles. The Kier molecular flexibility index (Phi) is 5.29. The second-order valence-electron chi connectivity index (χ2n) is 7.56. The summed E-state index contributed by atoms with van der Waals surface area (Å²) in [6.45, 7) is 7.22. The number of thiophene rings is 1. The highest BCUT2D eigenvalue weighted by molar-refractivity contribution is 7.22. The zero-order chi connectivity index (χ0) is 21.3. The van der Waals surface area contributed by atoms with Crippen molar-refractivity contribution in [2.75, 3.05) is 30.3 Å². The van der Waals surface area contributed by atoms with Gasteiger partial charge >= 0.3 is 6.03 Å². The molecule has 0 bridgehead atoms. The molecule has 3 N–H and O–H groups in total. The van der Waals surface area contributed by atoms with Gasteiger partial charge in [0.15, 0.2) is 0 Å². The number of anilines is 2. The van der Waals surface area contributed by atoms with Gasteiger partial charge in [-0.15, -0.1) is 11.3 Å². The van der Waals surface area contributed by atoms with E-state index in [-0.39, 0.29) is 11.9 Å². The largest absolute Gasteiger partial charge is 0.385 e. The van der Waals surface area contributed by atoms with E-state index in [0.29, 0.717) is 19.0 Å². The van der Waals surface area contributed by atoms with Crippen molar-refractivity contribution in [3.8, 4) is 10.6 Å². The molecule has 3 amide bonds. The molecule has 1 aromatic carbocycles. The molecule has 0 spiro atoms. The van der Waals surface area contributed by atoms with Crippen LogP contribution in [0, 0.1) is 0 Å². The third-order valence-corrected chi connectivity index (χ3v) is 6.26. The number of aromatic nitrogens is 2. The van der Waals surface area contributed by atoms with E-state index >= 15 is 0 Å². The van der Waals surface area contributed by atoms with Gasteiger partial charge in [-0.25, -0.2) is 14.8 Å². The van der Waals surface area contributed by atoms with Gasteiger partial charge in [-0.1, -0.05) is 0 Å². The van der Waals surface area contributed by atoms with Crippen molar-refractivity contribution in [3.05, 3.63) is 36.5 Å². The highest BCUT2D eigenvalue weighted by Gasteiger charge is 2.44. The van der Waals surface area contributed by atoms with Gasteiger partial charge in [-0.05, 0) is 56.5 Å². The number of imide groups is 1. The molecule has 1 aliphatic rings. The quantitative estimate of drug-likeness (QED) is 0.502. The van der Waals surface area contributed by atoms with E-state index in [1.165, 1.54) is 15.0 Å². The molecule has 0 aliphatic carbocycles. The SMILES string of the molecule is CCNc1ccc2sc(-c3ccnc(NCCN4C(=O)NC(=O)C4(C)C)n3)cc2c1. The van der Waals surface area contributed by atoms with Crippen molar-refractivity contribution in [1.82, 2.24) is 20.2 Å². The van der Waals surface area contributed by atoms with Gasteiger partial charge < -0.3 is 15.5 Å². The molecule has 0 radical (unpaired) electrons. The second kappa shape index (κ2) is 7.91. The molecule has 1 fully saturated rings. The van der Waals surface area contributed by atoms with E-state index < -0.39 is 5.54 Å². The zero-order valence-electron chi connectivity index (χ0n) is 17.2. The van der Waals surface area contributed by atoms with Gasteiger partial charge in [-0.3, -0.25) is 10.1 Å². The summed E-state index contributed by atoms with van der Waals surface area (Å²) >= 11 is 1.69. The molecule has 1 saturated heterocycles. The van der Waals surface area contributed by atoms with Crippen LogP contribution in [0.3, 0.4) is 0 Å².